The monoisotopic (exact) mass is 320 g/mol. The van der Waals surface area contributed by atoms with Crippen molar-refractivity contribution in [2.45, 2.75) is 12.6 Å². The van der Waals surface area contributed by atoms with Crippen molar-refractivity contribution in [1.82, 2.24) is 14.4 Å². The average molecular weight is 320 g/mol. The molecular formula is C15H11F3N4O. The molecule has 0 fully saturated rings. The summed E-state index contributed by atoms with van der Waals surface area (Å²) in [6, 6.07) is 4.29. The molecule has 0 saturated carbocycles. The summed E-state index contributed by atoms with van der Waals surface area (Å²) in [5.41, 5.74) is 0.783. The summed E-state index contributed by atoms with van der Waals surface area (Å²) in [5, 5.41) is 2.56. The SMILES string of the molecule is O=C(Cc1cncc2nccn12)Nc1ccc(C(F)(F)F)cc1. The number of imidazole rings is 1. The van der Waals surface area contributed by atoms with E-state index in [1.54, 1.807) is 29.2 Å². The molecule has 3 aromatic rings. The Balaban J connectivity index is 1.71. The number of rotatable bonds is 3. The fraction of sp³-hybridized carbons (Fsp3) is 0.133. The van der Waals surface area contributed by atoms with E-state index in [-0.39, 0.29) is 12.3 Å². The van der Waals surface area contributed by atoms with Crippen LogP contribution in [0.4, 0.5) is 18.9 Å². The van der Waals surface area contributed by atoms with Gasteiger partial charge in [0.25, 0.3) is 0 Å². The van der Waals surface area contributed by atoms with Gasteiger partial charge in [0.1, 0.15) is 0 Å². The van der Waals surface area contributed by atoms with Crippen LogP contribution in [0.3, 0.4) is 0 Å². The Morgan fingerprint density at radius 1 is 1.17 bits per heavy atom. The Hall–Kier alpha value is -2.90. The molecule has 0 aliphatic carbocycles. The Morgan fingerprint density at radius 3 is 2.61 bits per heavy atom. The molecule has 5 nitrogen and oxygen atoms in total. The van der Waals surface area contributed by atoms with Gasteiger partial charge in [0, 0.05) is 24.3 Å². The summed E-state index contributed by atoms with van der Waals surface area (Å²) in [6.45, 7) is 0. The molecular weight excluding hydrogens is 309 g/mol. The van der Waals surface area contributed by atoms with Crippen LogP contribution < -0.4 is 5.32 Å². The Morgan fingerprint density at radius 2 is 1.91 bits per heavy atom. The third-order valence-electron chi connectivity index (χ3n) is 3.23. The van der Waals surface area contributed by atoms with Crippen LogP contribution in [0.5, 0.6) is 0 Å². The standard InChI is InChI=1S/C15H11F3N4O/c16-15(17,18)10-1-3-11(4-2-10)21-14(23)7-12-8-19-9-13-20-5-6-22(12)13/h1-6,8-9H,7H2,(H,21,23). The van der Waals surface area contributed by atoms with Crippen LogP contribution in [-0.2, 0) is 17.4 Å². The lowest BCUT2D eigenvalue weighted by molar-refractivity contribution is -0.137. The highest BCUT2D eigenvalue weighted by Crippen LogP contribution is 2.29. The van der Waals surface area contributed by atoms with Crippen molar-refractivity contribution < 1.29 is 18.0 Å². The molecule has 1 N–H and O–H groups in total. The van der Waals surface area contributed by atoms with Crippen molar-refractivity contribution in [1.29, 1.82) is 0 Å². The number of anilines is 1. The van der Waals surface area contributed by atoms with Gasteiger partial charge in [-0.1, -0.05) is 0 Å². The van der Waals surface area contributed by atoms with Gasteiger partial charge in [-0.3, -0.25) is 9.78 Å². The van der Waals surface area contributed by atoms with Crippen LogP contribution in [-0.4, -0.2) is 20.3 Å². The van der Waals surface area contributed by atoms with Crippen molar-refractivity contribution >= 4 is 17.2 Å². The highest BCUT2D eigenvalue weighted by atomic mass is 19.4. The van der Waals surface area contributed by atoms with E-state index >= 15 is 0 Å². The molecule has 0 atom stereocenters. The molecule has 118 valence electrons. The number of alkyl halides is 3. The molecule has 0 aliphatic heterocycles. The lowest BCUT2D eigenvalue weighted by atomic mass is 10.2. The molecule has 23 heavy (non-hydrogen) atoms. The van der Waals surface area contributed by atoms with Crippen LogP contribution in [0.25, 0.3) is 5.65 Å². The molecule has 2 heterocycles. The zero-order valence-corrected chi connectivity index (χ0v) is 11.7. The quantitative estimate of drug-likeness (QED) is 0.807. The minimum absolute atomic E-state index is 0.0295. The first-order chi connectivity index (χ1) is 10.9. The zero-order chi connectivity index (χ0) is 16.4. The molecule has 3 rings (SSSR count). The molecule has 0 spiro atoms. The maximum absolute atomic E-state index is 12.5. The molecule has 1 amide bonds. The number of carbonyl (C=O) groups excluding carboxylic acids is 1. The topological polar surface area (TPSA) is 59.3 Å². The predicted octanol–water partition coefficient (Wildman–Crippen LogP) is 2.93. The molecule has 0 aliphatic rings. The van der Waals surface area contributed by atoms with Gasteiger partial charge < -0.3 is 9.72 Å². The smallest absolute Gasteiger partial charge is 0.326 e. The first kappa shape index (κ1) is 15.0. The minimum Gasteiger partial charge on any atom is -0.326 e. The van der Waals surface area contributed by atoms with E-state index in [4.69, 9.17) is 0 Å². The molecule has 8 heteroatoms. The minimum atomic E-state index is -4.40. The van der Waals surface area contributed by atoms with E-state index in [9.17, 15) is 18.0 Å². The van der Waals surface area contributed by atoms with E-state index in [0.29, 0.717) is 17.0 Å². The van der Waals surface area contributed by atoms with Gasteiger partial charge >= 0.3 is 6.18 Å². The van der Waals surface area contributed by atoms with E-state index < -0.39 is 11.7 Å². The molecule has 0 radical (unpaired) electrons. The van der Waals surface area contributed by atoms with E-state index in [2.05, 4.69) is 15.3 Å². The van der Waals surface area contributed by atoms with Gasteiger partial charge in [0.15, 0.2) is 5.65 Å². The van der Waals surface area contributed by atoms with Crippen molar-refractivity contribution in [3.8, 4) is 0 Å². The molecule has 0 unspecified atom stereocenters. The third-order valence-corrected chi connectivity index (χ3v) is 3.23. The van der Waals surface area contributed by atoms with E-state index in [1.165, 1.54) is 12.1 Å². The number of nitrogens with one attached hydrogen (secondary N) is 1. The number of amides is 1. The Kier molecular flexibility index (Phi) is 3.73. The fourth-order valence-corrected chi connectivity index (χ4v) is 2.15. The highest BCUT2D eigenvalue weighted by molar-refractivity contribution is 5.92. The summed E-state index contributed by atoms with van der Waals surface area (Å²) < 4.78 is 39.2. The van der Waals surface area contributed by atoms with Crippen LogP contribution >= 0.6 is 0 Å². The summed E-state index contributed by atoms with van der Waals surface area (Å²) in [5.74, 6) is -0.354. The number of hydrogen-bond acceptors (Lipinski definition) is 3. The normalized spacial score (nSPS) is 11.6. The summed E-state index contributed by atoms with van der Waals surface area (Å²) in [6.07, 6.45) is 2.04. The van der Waals surface area contributed by atoms with Crippen molar-refractivity contribution in [2.75, 3.05) is 5.32 Å². The predicted molar refractivity (Wildman–Crippen MR) is 76.8 cm³/mol. The molecule has 2 aromatic heterocycles. The molecule has 0 saturated heterocycles. The Labute approximate surface area is 128 Å². The second-order valence-corrected chi connectivity index (χ2v) is 4.85. The second kappa shape index (κ2) is 5.71. The maximum atomic E-state index is 12.5. The van der Waals surface area contributed by atoms with Gasteiger partial charge in [-0.05, 0) is 24.3 Å². The van der Waals surface area contributed by atoms with Crippen LogP contribution in [0, 0.1) is 0 Å². The lowest BCUT2D eigenvalue weighted by Gasteiger charge is -2.09. The maximum Gasteiger partial charge on any atom is 0.416 e. The average Bonchev–Trinajstić information content (AvgIpc) is 2.96. The van der Waals surface area contributed by atoms with Crippen LogP contribution in [0.2, 0.25) is 0 Å². The van der Waals surface area contributed by atoms with Crippen molar-refractivity contribution in [2.24, 2.45) is 0 Å². The van der Waals surface area contributed by atoms with Crippen molar-refractivity contribution in [3.63, 3.8) is 0 Å². The second-order valence-electron chi connectivity index (χ2n) is 4.85. The molecule has 1 aromatic carbocycles. The van der Waals surface area contributed by atoms with Gasteiger partial charge in [-0.25, -0.2) is 4.98 Å². The number of carbonyl (C=O) groups is 1. The number of hydrogen-bond donors (Lipinski definition) is 1. The number of nitrogens with zero attached hydrogens (tertiary/aromatic N) is 3. The third kappa shape index (κ3) is 3.31. The number of aromatic nitrogens is 3. The van der Waals surface area contributed by atoms with Gasteiger partial charge in [0.05, 0.1) is 23.9 Å². The van der Waals surface area contributed by atoms with Crippen molar-refractivity contribution in [3.05, 3.63) is 60.3 Å². The van der Waals surface area contributed by atoms with E-state index in [0.717, 1.165) is 12.1 Å². The number of halogens is 3. The van der Waals surface area contributed by atoms with E-state index in [1.807, 2.05) is 0 Å². The van der Waals surface area contributed by atoms with Gasteiger partial charge in [0.2, 0.25) is 5.91 Å². The van der Waals surface area contributed by atoms with Crippen LogP contribution in [0.15, 0.2) is 49.1 Å². The largest absolute Gasteiger partial charge is 0.416 e. The van der Waals surface area contributed by atoms with Gasteiger partial charge in [-0.2, -0.15) is 13.2 Å². The fourth-order valence-electron chi connectivity index (χ4n) is 2.15. The first-order valence-corrected chi connectivity index (χ1v) is 6.66. The lowest BCUT2D eigenvalue weighted by Crippen LogP contribution is -2.16. The highest BCUT2D eigenvalue weighted by Gasteiger charge is 2.29. The van der Waals surface area contributed by atoms with Crippen LogP contribution in [0.1, 0.15) is 11.3 Å². The summed E-state index contributed by atoms with van der Waals surface area (Å²) in [4.78, 5) is 20.1. The van der Waals surface area contributed by atoms with Gasteiger partial charge in [-0.15, -0.1) is 0 Å². The molecule has 0 bridgehead atoms. The Bertz CT molecular complexity index is 840. The first-order valence-electron chi connectivity index (χ1n) is 6.66. The number of fused-ring (bicyclic) bond motifs is 1. The zero-order valence-electron chi connectivity index (χ0n) is 11.7. The summed E-state index contributed by atoms with van der Waals surface area (Å²) >= 11 is 0. The number of benzene rings is 1. The summed E-state index contributed by atoms with van der Waals surface area (Å²) in [7, 11) is 0.